The minimum atomic E-state index is -4.54. The predicted molar refractivity (Wildman–Crippen MR) is 80.0 cm³/mol. The molecule has 8 heteroatoms. The Morgan fingerprint density at radius 2 is 2.00 bits per heavy atom. The fourth-order valence-corrected chi connectivity index (χ4v) is 2.25. The van der Waals surface area contributed by atoms with Crippen molar-refractivity contribution in [2.45, 2.75) is 13.1 Å². The van der Waals surface area contributed by atoms with E-state index in [0.717, 1.165) is 10.7 Å². The number of rotatable bonds is 3. The second-order valence-corrected chi connectivity index (χ2v) is 5.06. The summed E-state index contributed by atoms with van der Waals surface area (Å²) in [7, 11) is 0. The molecule has 2 heterocycles. The number of alkyl halides is 3. The quantitative estimate of drug-likeness (QED) is 0.786. The Bertz CT molecular complexity index is 867. The molecule has 3 aromatic rings. The minimum absolute atomic E-state index is 0.135. The summed E-state index contributed by atoms with van der Waals surface area (Å²) in [6, 6.07) is 7.98. The van der Waals surface area contributed by atoms with Crippen LogP contribution in [0.1, 0.15) is 21.6 Å². The molecule has 0 aliphatic rings. The van der Waals surface area contributed by atoms with Crippen LogP contribution in [0.15, 0.2) is 53.3 Å². The van der Waals surface area contributed by atoms with E-state index in [4.69, 9.17) is 4.42 Å². The van der Waals surface area contributed by atoms with Crippen molar-refractivity contribution in [2.24, 2.45) is 0 Å². The Morgan fingerprint density at radius 1 is 1.25 bits per heavy atom. The van der Waals surface area contributed by atoms with Gasteiger partial charge >= 0.3 is 6.18 Å². The number of anilines is 1. The highest BCUT2D eigenvalue weighted by molar-refractivity contribution is 6.03. The predicted octanol–water partition coefficient (Wildman–Crippen LogP) is 4.04. The summed E-state index contributed by atoms with van der Waals surface area (Å²) in [4.78, 5) is 12.1. The molecule has 0 spiro atoms. The molecule has 0 aliphatic carbocycles. The molecule has 3 rings (SSSR count). The van der Waals surface area contributed by atoms with E-state index in [1.165, 1.54) is 42.9 Å². The Morgan fingerprint density at radius 3 is 2.67 bits per heavy atom. The van der Waals surface area contributed by atoms with Crippen LogP contribution in [0.3, 0.4) is 0 Å². The molecule has 0 fully saturated rings. The van der Waals surface area contributed by atoms with E-state index in [2.05, 4.69) is 10.4 Å². The first-order valence-corrected chi connectivity index (χ1v) is 6.93. The molecule has 0 saturated carbocycles. The van der Waals surface area contributed by atoms with E-state index in [9.17, 15) is 18.0 Å². The number of carbonyl (C=O) groups is 1. The van der Waals surface area contributed by atoms with E-state index in [0.29, 0.717) is 5.69 Å². The Kier molecular flexibility index (Phi) is 3.88. The van der Waals surface area contributed by atoms with E-state index in [-0.39, 0.29) is 17.1 Å². The molecule has 1 amide bonds. The van der Waals surface area contributed by atoms with Crippen molar-refractivity contribution in [3.63, 3.8) is 0 Å². The second-order valence-electron chi connectivity index (χ2n) is 5.06. The Labute approximate surface area is 134 Å². The van der Waals surface area contributed by atoms with Gasteiger partial charge in [-0.15, -0.1) is 0 Å². The van der Waals surface area contributed by atoms with E-state index < -0.39 is 17.6 Å². The summed E-state index contributed by atoms with van der Waals surface area (Å²) in [5.74, 6) is -0.371. The standard InChI is InChI=1S/C16H12F3N3O2/c1-10-8-14(20-15(23)11-6-7-24-9-11)22(21-10)13-5-3-2-4-12(13)16(17,18)19/h2-9H,1H3,(H,20,23). The molecule has 0 bridgehead atoms. The third-order valence-corrected chi connectivity index (χ3v) is 3.29. The lowest BCUT2D eigenvalue weighted by Gasteiger charge is -2.14. The lowest BCUT2D eigenvalue weighted by Crippen LogP contribution is -2.17. The smallest absolute Gasteiger partial charge is 0.418 e. The molecule has 1 N–H and O–H groups in total. The van der Waals surface area contributed by atoms with Crippen LogP contribution in [0.2, 0.25) is 0 Å². The normalized spacial score (nSPS) is 11.5. The largest absolute Gasteiger partial charge is 0.472 e. The average molecular weight is 335 g/mol. The van der Waals surface area contributed by atoms with Crippen molar-refractivity contribution in [2.75, 3.05) is 5.32 Å². The molecule has 5 nitrogen and oxygen atoms in total. The van der Waals surface area contributed by atoms with Crippen LogP contribution in [0.5, 0.6) is 0 Å². The average Bonchev–Trinajstić information content (AvgIpc) is 3.16. The maximum Gasteiger partial charge on any atom is 0.418 e. The number of hydrogen-bond donors (Lipinski definition) is 1. The number of hydrogen-bond acceptors (Lipinski definition) is 3. The summed E-state index contributed by atoms with van der Waals surface area (Å²) in [6.45, 7) is 1.63. The van der Waals surface area contributed by atoms with Gasteiger partial charge < -0.3 is 9.73 Å². The van der Waals surface area contributed by atoms with Crippen molar-refractivity contribution in [1.29, 1.82) is 0 Å². The van der Waals surface area contributed by atoms with Gasteiger partial charge in [0.15, 0.2) is 0 Å². The lowest BCUT2D eigenvalue weighted by atomic mass is 10.1. The summed E-state index contributed by atoms with van der Waals surface area (Å²) in [5.41, 5.74) is -0.286. The van der Waals surface area contributed by atoms with Crippen molar-refractivity contribution in [3.05, 3.63) is 65.7 Å². The molecule has 124 valence electrons. The third-order valence-electron chi connectivity index (χ3n) is 3.29. The number of benzene rings is 1. The highest BCUT2D eigenvalue weighted by Crippen LogP contribution is 2.34. The number of furan rings is 1. The van der Waals surface area contributed by atoms with Crippen LogP contribution < -0.4 is 5.32 Å². The number of nitrogens with one attached hydrogen (secondary N) is 1. The van der Waals surface area contributed by atoms with Gasteiger partial charge in [0, 0.05) is 6.07 Å². The molecule has 0 aliphatic heterocycles. The zero-order valence-corrected chi connectivity index (χ0v) is 12.5. The molecule has 1 aromatic carbocycles. The number of amides is 1. The first kappa shape index (κ1) is 15.9. The van der Waals surface area contributed by atoms with Gasteiger partial charge in [-0.3, -0.25) is 4.79 Å². The van der Waals surface area contributed by atoms with Gasteiger partial charge in [-0.05, 0) is 25.1 Å². The van der Waals surface area contributed by atoms with Crippen molar-refractivity contribution < 1.29 is 22.4 Å². The minimum Gasteiger partial charge on any atom is -0.472 e. The summed E-state index contributed by atoms with van der Waals surface area (Å²) >= 11 is 0. The van der Waals surface area contributed by atoms with E-state index >= 15 is 0 Å². The van der Waals surface area contributed by atoms with Crippen LogP contribution in [0.4, 0.5) is 19.0 Å². The molecule has 0 radical (unpaired) electrons. The van der Waals surface area contributed by atoms with Gasteiger partial charge in [-0.25, -0.2) is 4.68 Å². The molecule has 0 unspecified atom stereocenters. The Balaban J connectivity index is 2.03. The van der Waals surface area contributed by atoms with Gasteiger partial charge in [0.25, 0.3) is 5.91 Å². The molecular weight excluding hydrogens is 323 g/mol. The van der Waals surface area contributed by atoms with Gasteiger partial charge in [0.05, 0.1) is 28.8 Å². The summed E-state index contributed by atoms with van der Waals surface area (Å²) < 4.78 is 45.5. The van der Waals surface area contributed by atoms with Crippen LogP contribution in [-0.2, 0) is 6.18 Å². The van der Waals surface area contributed by atoms with Crippen LogP contribution in [-0.4, -0.2) is 15.7 Å². The summed E-state index contributed by atoms with van der Waals surface area (Å²) in [6.07, 6.45) is -1.97. The van der Waals surface area contributed by atoms with E-state index in [1.807, 2.05) is 0 Å². The van der Waals surface area contributed by atoms with Crippen LogP contribution in [0.25, 0.3) is 5.69 Å². The fourth-order valence-electron chi connectivity index (χ4n) is 2.25. The highest BCUT2D eigenvalue weighted by Gasteiger charge is 2.34. The van der Waals surface area contributed by atoms with Crippen molar-refractivity contribution >= 4 is 11.7 Å². The van der Waals surface area contributed by atoms with Gasteiger partial charge in [0.2, 0.25) is 0 Å². The topological polar surface area (TPSA) is 60.1 Å². The third kappa shape index (κ3) is 3.03. The lowest BCUT2D eigenvalue weighted by molar-refractivity contribution is -0.137. The van der Waals surface area contributed by atoms with Gasteiger partial charge in [0.1, 0.15) is 12.1 Å². The maximum absolute atomic E-state index is 13.2. The monoisotopic (exact) mass is 335 g/mol. The number of halogens is 3. The van der Waals surface area contributed by atoms with Crippen LogP contribution >= 0.6 is 0 Å². The van der Waals surface area contributed by atoms with Gasteiger partial charge in [-0.2, -0.15) is 18.3 Å². The SMILES string of the molecule is Cc1cc(NC(=O)c2ccoc2)n(-c2ccccc2C(F)(F)F)n1. The number of para-hydroxylation sites is 1. The first-order valence-electron chi connectivity index (χ1n) is 6.93. The van der Waals surface area contributed by atoms with Crippen molar-refractivity contribution in [1.82, 2.24) is 9.78 Å². The number of aryl methyl sites for hydroxylation is 1. The molecular formula is C16H12F3N3O2. The van der Waals surface area contributed by atoms with Gasteiger partial charge in [-0.1, -0.05) is 12.1 Å². The second kappa shape index (κ2) is 5.88. The zero-order valence-electron chi connectivity index (χ0n) is 12.5. The molecule has 0 atom stereocenters. The summed E-state index contributed by atoms with van der Waals surface area (Å²) in [5, 5.41) is 6.61. The first-order chi connectivity index (χ1) is 11.4. The maximum atomic E-state index is 13.2. The number of aromatic nitrogens is 2. The Hall–Kier alpha value is -3.03. The van der Waals surface area contributed by atoms with Crippen LogP contribution in [0, 0.1) is 6.92 Å². The fraction of sp³-hybridized carbons (Fsp3) is 0.125. The van der Waals surface area contributed by atoms with E-state index in [1.54, 1.807) is 6.92 Å². The molecule has 0 saturated heterocycles. The molecule has 2 aromatic heterocycles. The number of carbonyl (C=O) groups excluding carboxylic acids is 1. The zero-order chi connectivity index (χ0) is 17.3. The highest BCUT2D eigenvalue weighted by atomic mass is 19.4. The number of nitrogens with zero attached hydrogens (tertiary/aromatic N) is 2. The molecule has 24 heavy (non-hydrogen) atoms. The van der Waals surface area contributed by atoms with Crippen molar-refractivity contribution in [3.8, 4) is 5.69 Å².